The molecular formula is C80H55N3. The van der Waals surface area contributed by atoms with Crippen LogP contribution in [0.4, 0.5) is 0 Å². The van der Waals surface area contributed by atoms with E-state index in [-0.39, 0.29) is 0 Å². The van der Waals surface area contributed by atoms with Crippen molar-refractivity contribution in [2.75, 3.05) is 0 Å². The van der Waals surface area contributed by atoms with Crippen LogP contribution < -0.4 is 0 Å². The van der Waals surface area contributed by atoms with Crippen LogP contribution >= 0.6 is 0 Å². The summed E-state index contributed by atoms with van der Waals surface area (Å²) in [6, 6.07) is 110. The fourth-order valence-electron chi connectivity index (χ4n) is 13.3. The van der Waals surface area contributed by atoms with Crippen LogP contribution in [0.25, 0.3) is 149 Å². The number of aryl methyl sites for hydroxylation is 2. The van der Waals surface area contributed by atoms with Crippen molar-refractivity contribution in [2.45, 2.75) is 13.8 Å². The average molecular weight is 1060 g/mol. The predicted octanol–water partition coefficient (Wildman–Crippen LogP) is 21.6. The molecule has 0 bridgehead atoms. The highest BCUT2D eigenvalue weighted by molar-refractivity contribution is 6.15. The first-order valence-corrected chi connectivity index (χ1v) is 28.7. The third kappa shape index (κ3) is 8.27. The summed E-state index contributed by atoms with van der Waals surface area (Å²) in [5.41, 5.74) is 27.3. The van der Waals surface area contributed by atoms with Crippen LogP contribution in [-0.2, 0) is 0 Å². The minimum Gasteiger partial charge on any atom is -0.309 e. The van der Waals surface area contributed by atoms with Crippen LogP contribution in [-0.4, -0.2) is 13.7 Å². The van der Waals surface area contributed by atoms with E-state index in [2.05, 4.69) is 325 Å². The van der Waals surface area contributed by atoms with Gasteiger partial charge in [0.2, 0.25) is 0 Å². The molecule has 390 valence electrons. The van der Waals surface area contributed by atoms with Crippen LogP contribution in [0.15, 0.2) is 297 Å². The summed E-state index contributed by atoms with van der Waals surface area (Å²) in [6.07, 6.45) is 0. The molecule has 0 aliphatic carbocycles. The molecule has 16 rings (SSSR count). The molecule has 0 aliphatic rings. The van der Waals surface area contributed by atoms with Gasteiger partial charge in [-0.2, -0.15) is 0 Å². The number of para-hydroxylation sites is 4. The van der Waals surface area contributed by atoms with E-state index in [1.807, 2.05) is 0 Å². The predicted molar refractivity (Wildman–Crippen MR) is 352 cm³/mol. The summed E-state index contributed by atoms with van der Waals surface area (Å²) in [6.45, 7) is 4.36. The molecule has 3 heterocycles. The van der Waals surface area contributed by atoms with Crippen molar-refractivity contribution in [3.05, 3.63) is 308 Å². The minimum atomic E-state index is 1.11. The molecule has 0 saturated carbocycles. The van der Waals surface area contributed by atoms with E-state index in [4.69, 9.17) is 0 Å². The van der Waals surface area contributed by atoms with E-state index in [1.54, 1.807) is 0 Å². The molecular weight excluding hydrogens is 1000 g/mol. The topological polar surface area (TPSA) is 14.8 Å². The van der Waals surface area contributed by atoms with Gasteiger partial charge in [0.05, 0.1) is 33.1 Å². The van der Waals surface area contributed by atoms with Gasteiger partial charge in [-0.1, -0.05) is 187 Å². The maximum atomic E-state index is 2.48. The van der Waals surface area contributed by atoms with E-state index < -0.39 is 0 Å². The highest BCUT2D eigenvalue weighted by atomic mass is 15.0. The van der Waals surface area contributed by atoms with Crippen LogP contribution in [0.1, 0.15) is 11.1 Å². The quantitative estimate of drug-likeness (QED) is 0.137. The number of aromatic nitrogens is 3. The molecule has 3 aromatic heterocycles. The summed E-state index contributed by atoms with van der Waals surface area (Å²) in [5.74, 6) is 0. The van der Waals surface area contributed by atoms with E-state index >= 15 is 0 Å². The van der Waals surface area contributed by atoms with Gasteiger partial charge in [0, 0.05) is 49.4 Å². The van der Waals surface area contributed by atoms with Gasteiger partial charge in [-0.05, 0) is 202 Å². The van der Waals surface area contributed by atoms with Crippen molar-refractivity contribution in [3.63, 3.8) is 0 Å². The Kier molecular flexibility index (Phi) is 11.3. The minimum absolute atomic E-state index is 1.11. The number of hydrogen-bond acceptors (Lipinski definition) is 0. The van der Waals surface area contributed by atoms with Crippen molar-refractivity contribution < 1.29 is 0 Å². The molecule has 3 nitrogen and oxygen atoms in total. The zero-order valence-electron chi connectivity index (χ0n) is 46.1. The second-order valence-corrected chi connectivity index (χ2v) is 22.3. The maximum absolute atomic E-state index is 2.48. The molecule has 0 amide bonds. The molecule has 0 N–H and O–H groups in total. The van der Waals surface area contributed by atoms with Crippen molar-refractivity contribution in [1.82, 2.24) is 13.7 Å². The standard InChI is InChI=1S/C80H55N3/c1-52-40-53(2)42-62(41-52)55-20-16-21-56(43-55)64-44-63(54-18-6-3-7-19-54)45-65(46-64)57-22-17-27-68(47-57)83-79-38-34-60(58-32-36-77-71(48-58)69-28-12-14-30-75(69)81(77)66-23-8-4-9-24-66)50-73(79)74-51-61(35-39-80(74)83)59-33-37-78-72(49-59)70-29-13-15-31-76(70)82(78)67-25-10-5-11-26-67/h3-51H,1-2H3. The number of benzene rings is 13. The van der Waals surface area contributed by atoms with Gasteiger partial charge in [0.1, 0.15) is 0 Å². The summed E-state index contributed by atoms with van der Waals surface area (Å²) in [5, 5.41) is 7.37. The van der Waals surface area contributed by atoms with Crippen molar-refractivity contribution in [1.29, 1.82) is 0 Å². The highest BCUT2D eigenvalue weighted by Gasteiger charge is 2.20. The van der Waals surface area contributed by atoms with Crippen LogP contribution in [0.5, 0.6) is 0 Å². The molecule has 0 saturated heterocycles. The fraction of sp³-hybridized carbons (Fsp3) is 0.0250. The number of hydrogen-bond donors (Lipinski definition) is 0. The van der Waals surface area contributed by atoms with Gasteiger partial charge < -0.3 is 13.7 Å². The van der Waals surface area contributed by atoms with Crippen molar-refractivity contribution in [3.8, 4) is 83.8 Å². The van der Waals surface area contributed by atoms with E-state index in [0.717, 1.165) is 33.7 Å². The highest BCUT2D eigenvalue weighted by Crippen LogP contribution is 2.43. The SMILES string of the molecule is Cc1cc(C)cc(-c2cccc(-c3cc(-c4ccccc4)cc(-c4cccc(-n5c6ccc(-c7ccc8c(c7)c7ccccc7n8-c7ccccc7)cc6c6cc(-c7ccc8c(c7)c7ccccc7n8-c7ccccc7)ccc65)c4)c3)c2)c1. The van der Waals surface area contributed by atoms with Gasteiger partial charge >= 0.3 is 0 Å². The van der Waals surface area contributed by atoms with E-state index in [0.29, 0.717) is 0 Å². The second kappa shape index (κ2) is 19.5. The molecule has 3 heteroatoms. The lowest BCUT2D eigenvalue weighted by Gasteiger charge is -2.14. The van der Waals surface area contributed by atoms with Gasteiger partial charge in [0.15, 0.2) is 0 Å². The molecule has 16 aromatic rings. The Morgan fingerprint density at radius 2 is 0.458 bits per heavy atom. The van der Waals surface area contributed by atoms with Crippen LogP contribution in [0, 0.1) is 13.8 Å². The van der Waals surface area contributed by atoms with Crippen molar-refractivity contribution >= 4 is 65.4 Å². The number of nitrogens with zero attached hydrogens (tertiary/aromatic N) is 3. The molecule has 0 spiro atoms. The lowest BCUT2D eigenvalue weighted by atomic mass is 9.91. The van der Waals surface area contributed by atoms with Gasteiger partial charge in [0.25, 0.3) is 0 Å². The lowest BCUT2D eigenvalue weighted by molar-refractivity contribution is 1.18. The zero-order valence-corrected chi connectivity index (χ0v) is 46.1. The molecule has 0 fully saturated rings. The molecule has 0 radical (unpaired) electrons. The molecule has 0 aliphatic heterocycles. The maximum Gasteiger partial charge on any atom is 0.0541 e. The van der Waals surface area contributed by atoms with E-state index in [9.17, 15) is 0 Å². The Labute approximate surface area is 482 Å². The van der Waals surface area contributed by atoms with Gasteiger partial charge in [-0.3, -0.25) is 0 Å². The number of fused-ring (bicyclic) bond motifs is 9. The molecule has 13 aromatic carbocycles. The summed E-state index contributed by atoms with van der Waals surface area (Å²) < 4.78 is 7.26. The molecule has 0 unspecified atom stereocenters. The summed E-state index contributed by atoms with van der Waals surface area (Å²) >= 11 is 0. The van der Waals surface area contributed by atoms with Crippen molar-refractivity contribution in [2.24, 2.45) is 0 Å². The average Bonchev–Trinajstić information content (AvgIpc) is 3.71. The number of rotatable bonds is 9. The van der Waals surface area contributed by atoms with Crippen LogP contribution in [0.2, 0.25) is 0 Å². The second-order valence-electron chi connectivity index (χ2n) is 22.3. The largest absolute Gasteiger partial charge is 0.309 e. The Morgan fingerprint density at radius 1 is 0.169 bits per heavy atom. The van der Waals surface area contributed by atoms with E-state index in [1.165, 1.54) is 127 Å². The summed E-state index contributed by atoms with van der Waals surface area (Å²) in [4.78, 5) is 0. The Hall–Kier alpha value is -10.7. The van der Waals surface area contributed by atoms with Crippen LogP contribution in [0.3, 0.4) is 0 Å². The first-order chi connectivity index (χ1) is 40.9. The van der Waals surface area contributed by atoms with Gasteiger partial charge in [-0.15, -0.1) is 0 Å². The zero-order chi connectivity index (χ0) is 55.1. The third-order valence-corrected chi connectivity index (χ3v) is 17.0. The monoisotopic (exact) mass is 1060 g/mol. The smallest absolute Gasteiger partial charge is 0.0541 e. The Morgan fingerprint density at radius 3 is 0.916 bits per heavy atom. The first kappa shape index (κ1) is 48.2. The molecule has 0 atom stereocenters. The first-order valence-electron chi connectivity index (χ1n) is 28.7. The van der Waals surface area contributed by atoms with Gasteiger partial charge in [-0.25, -0.2) is 0 Å². The normalized spacial score (nSPS) is 11.7. The molecule has 83 heavy (non-hydrogen) atoms. The third-order valence-electron chi connectivity index (χ3n) is 17.0. The Balaban J connectivity index is 0.872. The fourth-order valence-corrected chi connectivity index (χ4v) is 13.3. The summed E-state index contributed by atoms with van der Waals surface area (Å²) in [7, 11) is 0. The lowest BCUT2D eigenvalue weighted by Crippen LogP contribution is -1.95. The Bertz CT molecular complexity index is 4980.